The second-order valence-corrected chi connectivity index (χ2v) is 13.6. The van der Waals surface area contributed by atoms with Crippen molar-refractivity contribution >= 4 is 16.4 Å². The highest BCUT2D eigenvalue weighted by molar-refractivity contribution is 7.80. The topological polar surface area (TPSA) is 101 Å². The lowest BCUT2D eigenvalue weighted by Crippen LogP contribution is -2.55. The van der Waals surface area contributed by atoms with Gasteiger partial charge in [-0.15, -0.1) is 0 Å². The maximum absolute atomic E-state index is 12.8. The summed E-state index contributed by atoms with van der Waals surface area (Å²) in [7, 11) is -4.55. The molecule has 6 nitrogen and oxygen atoms in total. The van der Waals surface area contributed by atoms with Crippen LogP contribution in [0.2, 0.25) is 0 Å². The summed E-state index contributed by atoms with van der Waals surface area (Å²) >= 11 is 0. The molecule has 4 rings (SSSR count). The van der Waals surface area contributed by atoms with E-state index in [1.165, 1.54) is 32.1 Å². The number of hydrogen-bond acceptors (Lipinski definition) is 4. The molecule has 4 aliphatic rings. The third-order valence-electron chi connectivity index (χ3n) is 10.4. The van der Waals surface area contributed by atoms with E-state index in [2.05, 4.69) is 33.8 Å². The summed E-state index contributed by atoms with van der Waals surface area (Å²) in [6.45, 7) is 9.53. The van der Waals surface area contributed by atoms with Gasteiger partial charge in [-0.3, -0.25) is 9.35 Å². The largest absolute Gasteiger partial charge is 0.481 e. The third kappa shape index (κ3) is 4.61. The molecule has 34 heavy (non-hydrogen) atoms. The summed E-state index contributed by atoms with van der Waals surface area (Å²) in [6, 6.07) is 0. The standard InChI is InChI=1S/C27H44O6S/c1-17(2)6-5-7-18(3)22-10-11-23-21-9-8-19-16-20(33-34(30,31)32)12-15-27(19,25(28)29)24(21)13-14-26(22,23)4/h8,17-18,20-24H,5-7,9-16H2,1-4H3,(H,28,29)(H,30,31,32). The lowest BCUT2D eigenvalue weighted by atomic mass is 9.46. The van der Waals surface area contributed by atoms with Crippen LogP contribution in [0.15, 0.2) is 11.6 Å². The Balaban J connectivity index is 1.54. The van der Waals surface area contributed by atoms with Crippen LogP contribution >= 0.6 is 0 Å². The van der Waals surface area contributed by atoms with Crippen molar-refractivity contribution in [1.82, 2.24) is 0 Å². The Kier molecular flexibility index (Phi) is 7.32. The van der Waals surface area contributed by atoms with E-state index in [4.69, 9.17) is 8.74 Å². The van der Waals surface area contributed by atoms with E-state index in [1.807, 2.05) is 0 Å². The van der Waals surface area contributed by atoms with Crippen molar-refractivity contribution in [2.75, 3.05) is 0 Å². The first-order chi connectivity index (χ1) is 15.9. The number of carbonyl (C=O) groups is 1. The smallest absolute Gasteiger partial charge is 0.397 e. The van der Waals surface area contributed by atoms with Gasteiger partial charge in [0.15, 0.2) is 0 Å². The Morgan fingerprint density at radius 1 is 1.12 bits per heavy atom. The van der Waals surface area contributed by atoms with E-state index in [9.17, 15) is 18.3 Å². The number of carboxylic acids is 1. The van der Waals surface area contributed by atoms with Crippen molar-refractivity contribution in [3.05, 3.63) is 11.6 Å². The van der Waals surface area contributed by atoms with Crippen molar-refractivity contribution in [2.24, 2.45) is 46.3 Å². The third-order valence-corrected chi connectivity index (χ3v) is 10.9. The van der Waals surface area contributed by atoms with Crippen molar-refractivity contribution in [2.45, 2.75) is 104 Å². The number of hydrogen-bond donors (Lipinski definition) is 2. The number of carboxylic acid groups (broad SMARTS) is 1. The highest BCUT2D eigenvalue weighted by Crippen LogP contribution is 2.67. The summed E-state index contributed by atoms with van der Waals surface area (Å²) in [6.07, 6.45) is 11.6. The van der Waals surface area contributed by atoms with Gasteiger partial charge in [-0.1, -0.05) is 58.6 Å². The molecule has 2 N–H and O–H groups in total. The molecular weight excluding hydrogens is 452 g/mol. The first kappa shape index (κ1) is 26.2. The molecule has 8 unspecified atom stereocenters. The minimum absolute atomic E-state index is 0.102. The van der Waals surface area contributed by atoms with Crippen LogP contribution in [0.4, 0.5) is 0 Å². The Bertz CT molecular complexity index is 910. The molecule has 0 amide bonds. The zero-order valence-corrected chi connectivity index (χ0v) is 22.1. The van der Waals surface area contributed by atoms with Crippen molar-refractivity contribution in [3.63, 3.8) is 0 Å². The average Bonchev–Trinajstić information content (AvgIpc) is 3.09. The van der Waals surface area contributed by atoms with Gasteiger partial charge in [0.2, 0.25) is 0 Å². The van der Waals surface area contributed by atoms with Crippen LogP contribution in [0.25, 0.3) is 0 Å². The molecule has 3 saturated carbocycles. The van der Waals surface area contributed by atoms with Crippen molar-refractivity contribution < 1.29 is 27.1 Å². The lowest BCUT2D eigenvalue weighted by molar-refractivity contribution is -0.159. The van der Waals surface area contributed by atoms with Crippen LogP contribution in [0.5, 0.6) is 0 Å². The van der Waals surface area contributed by atoms with Crippen LogP contribution in [0, 0.1) is 46.3 Å². The van der Waals surface area contributed by atoms with E-state index in [-0.39, 0.29) is 17.8 Å². The minimum Gasteiger partial charge on any atom is -0.481 e. The number of fused-ring (bicyclic) bond motifs is 5. The van der Waals surface area contributed by atoms with Gasteiger partial charge in [-0.2, -0.15) is 8.42 Å². The van der Waals surface area contributed by atoms with E-state index in [0.29, 0.717) is 30.6 Å². The molecular formula is C27H44O6S. The van der Waals surface area contributed by atoms with E-state index in [0.717, 1.165) is 36.7 Å². The van der Waals surface area contributed by atoms with Crippen molar-refractivity contribution in [3.8, 4) is 0 Å². The molecule has 0 bridgehead atoms. The van der Waals surface area contributed by atoms with E-state index >= 15 is 0 Å². The molecule has 4 aliphatic carbocycles. The van der Waals surface area contributed by atoms with Gasteiger partial charge in [0.25, 0.3) is 0 Å². The number of aliphatic carboxylic acids is 1. The predicted molar refractivity (Wildman–Crippen MR) is 131 cm³/mol. The van der Waals surface area contributed by atoms with Gasteiger partial charge >= 0.3 is 16.4 Å². The first-order valence-electron chi connectivity index (χ1n) is 13.5. The Morgan fingerprint density at radius 2 is 1.85 bits per heavy atom. The zero-order chi connectivity index (χ0) is 24.9. The molecule has 0 spiro atoms. The minimum atomic E-state index is -4.55. The van der Waals surface area contributed by atoms with Gasteiger partial charge < -0.3 is 5.11 Å². The van der Waals surface area contributed by atoms with Crippen LogP contribution < -0.4 is 0 Å². The maximum Gasteiger partial charge on any atom is 0.397 e. The molecule has 0 heterocycles. The number of allylic oxidation sites excluding steroid dienone is 1. The second kappa shape index (κ2) is 9.51. The van der Waals surface area contributed by atoms with Crippen LogP contribution in [0.1, 0.15) is 98.3 Å². The number of rotatable bonds is 8. The summed E-state index contributed by atoms with van der Waals surface area (Å²) in [5.74, 6) is 2.46. The summed E-state index contributed by atoms with van der Waals surface area (Å²) in [5, 5.41) is 10.5. The molecule has 0 radical (unpaired) electrons. The maximum atomic E-state index is 12.8. The Labute approximate surface area is 205 Å². The van der Waals surface area contributed by atoms with E-state index < -0.39 is 27.9 Å². The van der Waals surface area contributed by atoms with Gasteiger partial charge in [0, 0.05) is 0 Å². The highest BCUT2D eigenvalue weighted by Gasteiger charge is 2.62. The molecule has 3 fully saturated rings. The van der Waals surface area contributed by atoms with Gasteiger partial charge in [0.05, 0.1) is 11.5 Å². The summed E-state index contributed by atoms with van der Waals surface area (Å²) < 4.78 is 36.5. The average molecular weight is 497 g/mol. The molecule has 0 aromatic rings. The quantitative estimate of drug-likeness (QED) is 0.303. The fraction of sp³-hybridized carbons (Fsp3) is 0.889. The van der Waals surface area contributed by atoms with Crippen LogP contribution in [-0.4, -0.2) is 30.2 Å². The normalized spacial score (nSPS) is 40.8. The second-order valence-electron chi connectivity index (χ2n) is 12.5. The predicted octanol–water partition coefficient (Wildman–Crippen LogP) is 6.28. The summed E-state index contributed by atoms with van der Waals surface area (Å²) in [5.41, 5.74) is 0.195. The summed E-state index contributed by atoms with van der Waals surface area (Å²) in [4.78, 5) is 12.8. The van der Waals surface area contributed by atoms with Crippen molar-refractivity contribution in [1.29, 1.82) is 0 Å². The molecule has 0 saturated heterocycles. The van der Waals surface area contributed by atoms with Gasteiger partial charge in [0.1, 0.15) is 0 Å². The fourth-order valence-corrected chi connectivity index (χ4v) is 9.46. The Morgan fingerprint density at radius 3 is 2.50 bits per heavy atom. The molecule has 0 aromatic heterocycles. The molecule has 0 aliphatic heterocycles. The van der Waals surface area contributed by atoms with Crippen LogP contribution in [-0.2, 0) is 19.4 Å². The van der Waals surface area contributed by atoms with Gasteiger partial charge in [-0.05, 0) is 92.3 Å². The molecule has 194 valence electrons. The van der Waals surface area contributed by atoms with E-state index in [1.54, 1.807) is 0 Å². The highest BCUT2D eigenvalue weighted by atomic mass is 32.3. The molecule has 7 heteroatoms. The monoisotopic (exact) mass is 496 g/mol. The molecule has 8 atom stereocenters. The lowest BCUT2D eigenvalue weighted by Gasteiger charge is -2.57. The Hall–Kier alpha value is -0.920. The SMILES string of the molecule is CC(C)CCCC(C)C1CCC2C3CC=C4CC(OS(=O)(=O)O)CCC4(C(=O)O)C3CCC12C. The van der Waals surface area contributed by atoms with Gasteiger partial charge in [-0.25, -0.2) is 4.18 Å². The fourth-order valence-electron chi connectivity index (χ4n) is 8.96. The van der Waals surface area contributed by atoms with Crippen LogP contribution in [0.3, 0.4) is 0 Å². The first-order valence-corrected chi connectivity index (χ1v) is 14.8. The zero-order valence-electron chi connectivity index (χ0n) is 21.3. The molecule has 0 aromatic carbocycles.